The van der Waals surface area contributed by atoms with Crippen molar-refractivity contribution in [2.75, 3.05) is 39.6 Å². The van der Waals surface area contributed by atoms with Gasteiger partial charge in [0.2, 0.25) is 12.6 Å². The van der Waals surface area contributed by atoms with Crippen LogP contribution >= 0.6 is 0 Å². The van der Waals surface area contributed by atoms with Crippen LogP contribution in [0.1, 0.15) is 127 Å². The van der Waals surface area contributed by atoms with Crippen LogP contribution in [0.2, 0.25) is 0 Å². The minimum absolute atomic E-state index is 0.186. The van der Waals surface area contributed by atoms with Gasteiger partial charge >= 0.3 is 11.9 Å². The van der Waals surface area contributed by atoms with Crippen LogP contribution in [0.25, 0.3) is 0 Å². The summed E-state index contributed by atoms with van der Waals surface area (Å²) in [6, 6.07) is 6.10. The Bertz CT molecular complexity index is 857. The standard InChI is InChI=1S/C36H62O10/c1-9-13-16-31(11-3)25-39-20-22-41-27(5)43-29(7)45-35(37)33-18-15-19-34(24-33)36(38)46-30(8)44-28(6)42-23-21-40-26-32(12-4)17-14-10-2/h15,18-19,24,27-32H,9-14,16-17,20-23,25-26H2,1-8H3. The SMILES string of the molecule is CCCCC(CC)COCCOC(C)OC(C)OC(=O)c1cccc(C(=O)OC(C)OC(C)OCCOCC(CC)CCCC)c1. The number of esters is 2. The molecule has 0 radical (unpaired) electrons. The first kappa shape index (κ1) is 41.9. The molecule has 46 heavy (non-hydrogen) atoms. The van der Waals surface area contributed by atoms with E-state index in [-0.39, 0.29) is 11.1 Å². The topological polar surface area (TPSA) is 108 Å². The van der Waals surface area contributed by atoms with E-state index in [4.69, 9.17) is 37.9 Å². The predicted octanol–water partition coefficient (Wildman–Crippen LogP) is 7.92. The number of carbonyl (C=O) groups is 2. The summed E-state index contributed by atoms with van der Waals surface area (Å²) < 4.78 is 44.9. The van der Waals surface area contributed by atoms with Crippen LogP contribution in [-0.4, -0.2) is 76.7 Å². The molecule has 0 amide bonds. The van der Waals surface area contributed by atoms with Crippen molar-refractivity contribution in [2.24, 2.45) is 11.8 Å². The van der Waals surface area contributed by atoms with E-state index in [9.17, 15) is 9.59 Å². The second-order valence-electron chi connectivity index (χ2n) is 11.7. The highest BCUT2D eigenvalue weighted by molar-refractivity contribution is 5.95. The Kier molecular flexibility index (Phi) is 23.7. The highest BCUT2D eigenvalue weighted by atomic mass is 16.8. The van der Waals surface area contributed by atoms with Crippen molar-refractivity contribution < 1.29 is 47.5 Å². The summed E-state index contributed by atoms with van der Waals surface area (Å²) in [4.78, 5) is 25.5. The van der Waals surface area contributed by atoms with Crippen molar-refractivity contribution >= 4 is 11.9 Å². The first-order valence-corrected chi connectivity index (χ1v) is 17.3. The van der Waals surface area contributed by atoms with Crippen molar-refractivity contribution in [3.05, 3.63) is 35.4 Å². The zero-order chi connectivity index (χ0) is 34.2. The smallest absolute Gasteiger partial charge is 0.340 e. The van der Waals surface area contributed by atoms with Crippen molar-refractivity contribution in [1.29, 1.82) is 0 Å². The summed E-state index contributed by atoms with van der Waals surface area (Å²) in [6.45, 7) is 18.6. The van der Waals surface area contributed by atoms with E-state index in [1.54, 1.807) is 45.9 Å². The van der Waals surface area contributed by atoms with Gasteiger partial charge in [0.05, 0.1) is 37.6 Å². The van der Waals surface area contributed by atoms with Gasteiger partial charge < -0.3 is 37.9 Å². The van der Waals surface area contributed by atoms with E-state index in [2.05, 4.69) is 27.7 Å². The summed E-state index contributed by atoms with van der Waals surface area (Å²) in [6.07, 6.45) is 6.44. The van der Waals surface area contributed by atoms with E-state index in [1.165, 1.54) is 44.6 Å². The van der Waals surface area contributed by atoms with E-state index in [1.807, 2.05) is 0 Å². The van der Waals surface area contributed by atoms with Crippen LogP contribution in [0, 0.1) is 11.8 Å². The third-order valence-corrected chi connectivity index (χ3v) is 7.60. The lowest BCUT2D eigenvalue weighted by Gasteiger charge is -2.21. The lowest BCUT2D eigenvalue weighted by atomic mass is 10.0. The summed E-state index contributed by atoms with van der Waals surface area (Å²) in [5, 5.41) is 0. The van der Waals surface area contributed by atoms with Crippen molar-refractivity contribution in [1.82, 2.24) is 0 Å². The fourth-order valence-corrected chi connectivity index (χ4v) is 4.73. The second kappa shape index (κ2) is 25.9. The fraction of sp³-hybridized carbons (Fsp3) is 0.778. The molecule has 266 valence electrons. The third-order valence-electron chi connectivity index (χ3n) is 7.60. The number of benzene rings is 1. The van der Waals surface area contributed by atoms with Gasteiger partial charge in [0.1, 0.15) is 0 Å². The molecule has 0 aromatic heterocycles. The molecule has 0 saturated heterocycles. The Morgan fingerprint density at radius 3 is 1.39 bits per heavy atom. The molecule has 10 heteroatoms. The minimum Gasteiger partial charge on any atom is -0.432 e. The summed E-state index contributed by atoms with van der Waals surface area (Å²) in [5.41, 5.74) is 0.372. The zero-order valence-corrected chi connectivity index (χ0v) is 29.8. The van der Waals surface area contributed by atoms with Crippen LogP contribution in [0.4, 0.5) is 0 Å². The van der Waals surface area contributed by atoms with Gasteiger partial charge in [-0.2, -0.15) is 0 Å². The quantitative estimate of drug-likeness (QED) is 0.0502. The van der Waals surface area contributed by atoms with Gasteiger partial charge in [-0.15, -0.1) is 0 Å². The van der Waals surface area contributed by atoms with Gasteiger partial charge in [-0.05, 0) is 70.6 Å². The highest BCUT2D eigenvalue weighted by Crippen LogP contribution is 2.15. The Morgan fingerprint density at radius 2 is 1.02 bits per heavy atom. The summed E-state index contributed by atoms with van der Waals surface area (Å²) >= 11 is 0. The van der Waals surface area contributed by atoms with Gasteiger partial charge in [-0.25, -0.2) is 9.59 Å². The number of hydrogen-bond donors (Lipinski definition) is 0. The van der Waals surface area contributed by atoms with Crippen LogP contribution in [0.3, 0.4) is 0 Å². The molecule has 0 N–H and O–H groups in total. The van der Waals surface area contributed by atoms with Gasteiger partial charge in [0.25, 0.3) is 0 Å². The highest BCUT2D eigenvalue weighted by Gasteiger charge is 2.19. The molecular formula is C36H62O10. The molecule has 6 unspecified atom stereocenters. The molecule has 0 spiro atoms. The molecule has 6 atom stereocenters. The first-order chi connectivity index (χ1) is 22.1. The van der Waals surface area contributed by atoms with Crippen LogP contribution in [-0.2, 0) is 37.9 Å². The fourth-order valence-electron chi connectivity index (χ4n) is 4.73. The van der Waals surface area contributed by atoms with Crippen LogP contribution in [0.15, 0.2) is 24.3 Å². The van der Waals surface area contributed by atoms with Crippen LogP contribution < -0.4 is 0 Å². The van der Waals surface area contributed by atoms with Gasteiger partial charge in [-0.1, -0.05) is 72.3 Å². The minimum atomic E-state index is -0.869. The molecular weight excluding hydrogens is 592 g/mol. The third kappa shape index (κ3) is 19.6. The molecule has 10 nitrogen and oxygen atoms in total. The maximum Gasteiger partial charge on any atom is 0.340 e. The lowest BCUT2D eigenvalue weighted by Crippen LogP contribution is -2.26. The zero-order valence-electron chi connectivity index (χ0n) is 29.8. The Balaban J connectivity index is 2.37. The normalized spacial score (nSPS) is 15.5. The molecule has 0 aliphatic rings. The average molecular weight is 655 g/mol. The van der Waals surface area contributed by atoms with E-state index < -0.39 is 37.1 Å². The van der Waals surface area contributed by atoms with Crippen molar-refractivity contribution in [3.63, 3.8) is 0 Å². The second-order valence-corrected chi connectivity index (χ2v) is 11.7. The number of ether oxygens (including phenoxy) is 8. The average Bonchev–Trinajstić information content (AvgIpc) is 3.03. The molecule has 1 aromatic carbocycles. The lowest BCUT2D eigenvalue weighted by molar-refractivity contribution is -0.217. The molecule has 1 aromatic rings. The Labute approximate surface area is 278 Å². The number of hydrogen-bond acceptors (Lipinski definition) is 10. The maximum absolute atomic E-state index is 12.7. The summed E-state index contributed by atoms with van der Waals surface area (Å²) in [5.74, 6) is -0.135. The number of unbranched alkanes of at least 4 members (excludes halogenated alkanes) is 2. The molecule has 0 saturated carbocycles. The Morgan fingerprint density at radius 1 is 0.609 bits per heavy atom. The van der Waals surface area contributed by atoms with Gasteiger partial charge in [0, 0.05) is 13.2 Å². The number of rotatable bonds is 28. The largest absolute Gasteiger partial charge is 0.432 e. The molecule has 1 rings (SSSR count). The van der Waals surface area contributed by atoms with E-state index >= 15 is 0 Å². The monoisotopic (exact) mass is 654 g/mol. The van der Waals surface area contributed by atoms with Crippen LogP contribution in [0.5, 0.6) is 0 Å². The predicted molar refractivity (Wildman–Crippen MR) is 177 cm³/mol. The maximum atomic E-state index is 12.7. The summed E-state index contributed by atoms with van der Waals surface area (Å²) in [7, 11) is 0. The molecule has 0 bridgehead atoms. The molecule has 0 aliphatic carbocycles. The molecule has 0 aliphatic heterocycles. The molecule has 0 fully saturated rings. The number of carbonyl (C=O) groups excluding carboxylic acids is 2. The van der Waals surface area contributed by atoms with Crippen molar-refractivity contribution in [2.45, 2.75) is 132 Å². The van der Waals surface area contributed by atoms with Gasteiger partial charge in [-0.3, -0.25) is 0 Å². The van der Waals surface area contributed by atoms with E-state index in [0.29, 0.717) is 38.3 Å². The Hall–Kier alpha value is -2.08. The van der Waals surface area contributed by atoms with Gasteiger partial charge in [0.15, 0.2) is 12.6 Å². The van der Waals surface area contributed by atoms with E-state index in [0.717, 1.165) is 26.1 Å². The van der Waals surface area contributed by atoms with Crippen molar-refractivity contribution in [3.8, 4) is 0 Å². The first-order valence-electron chi connectivity index (χ1n) is 17.3. The molecule has 0 heterocycles.